The first kappa shape index (κ1) is 15.9. The van der Waals surface area contributed by atoms with Gasteiger partial charge in [0.05, 0.1) is 17.9 Å². The van der Waals surface area contributed by atoms with Crippen LogP contribution in [0.5, 0.6) is 0 Å². The molecule has 5 nitrogen and oxygen atoms in total. The summed E-state index contributed by atoms with van der Waals surface area (Å²) in [6, 6.07) is 5.76. The van der Waals surface area contributed by atoms with Crippen molar-refractivity contribution in [3.63, 3.8) is 0 Å². The van der Waals surface area contributed by atoms with Gasteiger partial charge in [-0.15, -0.1) is 0 Å². The quantitative estimate of drug-likeness (QED) is 0.768. The number of carbonyl (C=O) groups excluding carboxylic acids is 1. The fraction of sp³-hybridized carbons (Fsp3) is 0.529. The summed E-state index contributed by atoms with van der Waals surface area (Å²) in [5.41, 5.74) is -0.0629. The minimum absolute atomic E-state index is 0.168. The Balaban J connectivity index is 1.73. The highest BCUT2D eigenvalue weighted by Crippen LogP contribution is 2.45. The molecule has 0 bridgehead atoms. The van der Waals surface area contributed by atoms with Gasteiger partial charge in [-0.1, -0.05) is 18.6 Å². The number of nitrogens with one attached hydrogen (secondary N) is 1. The molecule has 2 aliphatic rings. The lowest BCUT2D eigenvalue weighted by Gasteiger charge is -2.46. The molecule has 6 heteroatoms. The number of carboxylic acids is 1. The van der Waals surface area contributed by atoms with E-state index >= 15 is 0 Å². The summed E-state index contributed by atoms with van der Waals surface area (Å²) in [5.74, 6) is -2.01. The van der Waals surface area contributed by atoms with E-state index in [4.69, 9.17) is 5.11 Å². The zero-order valence-electron chi connectivity index (χ0n) is 12.7. The van der Waals surface area contributed by atoms with Crippen LogP contribution in [0.4, 0.5) is 4.39 Å². The number of aliphatic carboxylic acids is 1. The van der Waals surface area contributed by atoms with Gasteiger partial charge < -0.3 is 15.5 Å². The third kappa shape index (κ3) is 2.83. The summed E-state index contributed by atoms with van der Waals surface area (Å²) < 4.78 is 13.5. The highest BCUT2D eigenvalue weighted by Gasteiger charge is 2.49. The second-order valence-corrected chi connectivity index (χ2v) is 6.59. The van der Waals surface area contributed by atoms with E-state index < -0.39 is 23.4 Å². The molecular formula is C17H20FNO4. The van der Waals surface area contributed by atoms with E-state index in [2.05, 4.69) is 5.32 Å². The molecule has 3 atom stereocenters. The smallest absolute Gasteiger partial charge is 0.303 e. The van der Waals surface area contributed by atoms with Gasteiger partial charge in [0.1, 0.15) is 5.82 Å². The second-order valence-electron chi connectivity index (χ2n) is 6.59. The van der Waals surface area contributed by atoms with E-state index in [0.29, 0.717) is 24.8 Å². The second kappa shape index (κ2) is 5.92. The van der Waals surface area contributed by atoms with Crippen molar-refractivity contribution >= 4 is 11.9 Å². The number of halogens is 1. The Hall–Kier alpha value is -1.95. The predicted octanol–water partition coefficient (Wildman–Crippen LogP) is 1.59. The normalized spacial score (nSPS) is 28.3. The Morgan fingerprint density at radius 1 is 1.35 bits per heavy atom. The Bertz CT molecular complexity index is 629. The highest BCUT2D eigenvalue weighted by molar-refractivity contribution is 5.89. The number of aliphatic hydroxyl groups excluding tert-OH is 1. The van der Waals surface area contributed by atoms with Crippen LogP contribution in [0.25, 0.3) is 0 Å². The standard InChI is InChI=1S/C17H20FNO4/c18-11-4-1-3-10(7-11)17(5-2-6-17)16(23)19-13-9-14(20)12(13)8-15(21)22/h1,3-4,7,12-14,20H,2,5-6,8-9H2,(H,19,23)(H,21,22)/t12-,13+,14-/m1/s1. The third-order valence-electron chi connectivity index (χ3n) is 5.25. The van der Waals surface area contributed by atoms with E-state index in [1.54, 1.807) is 12.1 Å². The molecule has 1 amide bonds. The number of hydrogen-bond acceptors (Lipinski definition) is 3. The lowest BCUT2D eigenvalue weighted by Crippen LogP contribution is -2.60. The molecule has 2 fully saturated rings. The largest absolute Gasteiger partial charge is 0.481 e. The molecule has 2 aliphatic carbocycles. The molecule has 2 saturated carbocycles. The van der Waals surface area contributed by atoms with Crippen molar-refractivity contribution in [1.82, 2.24) is 5.32 Å². The molecule has 3 rings (SSSR count). The molecule has 0 heterocycles. The van der Waals surface area contributed by atoms with Gasteiger partial charge in [0, 0.05) is 12.0 Å². The first-order chi connectivity index (χ1) is 10.9. The van der Waals surface area contributed by atoms with Crippen molar-refractivity contribution in [3.05, 3.63) is 35.6 Å². The van der Waals surface area contributed by atoms with Crippen LogP contribution in [-0.4, -0.2) is 34.2 Å². The minimum Gasteiger partial charge on any atom is -0.481 e. The lowest BCUT2D eigenvalue weighted by atomic mass is 9.63. The van der Waals surface area contributed by atoms with Crippen LogP contribution in [0.3, 0.4) is 0 Å². The summed E-state index contributed by atoms with van der Waals surface area (Å²) in [7, 11) is 0. The molecule has 0 unspecified atom stereocenters. The monoisotopic (exact) mass is 321 g/mol. The van der Waals surface area contributed by atoms with Crippen LogP contribution < -0.4 is 5.32 Å². The Kier molecular flexibility index (Phi) is 4.10. The van der Waals surface area contributed by atoms with Gasteiger partial charge in [-0.2, -0.15) is 0 Å². The maximum atomic E-state index is 13.5. The first-order valence-corrected chi connectivity index (χ1v) is 7.89. The summed E-state index contributed by atoms with van der Waals surface area (Å²) >= 11 is 0. The number of rotatable bonds is 5. The van der Waals surface area contributed by atoms with Crippen molar-refractivity contribution in [2.24, 2.45) is 5.92 Å². The average molecular weight is 321 g/mol. The van der Waals surface area contributed by atoms with E-state index in [-0.39, 0.29) is 24.2 Å². The number of benzene rings is 1. The van der Waals surface area contributed by atoms with Crippen LogP contribution in [0.2, 0.25) is 0 Å². The van der Waals surface area contributed by atoms with Gasteiger partial charge in [-0.05, 0) is 37.0 Å². The van der Waals surface area contributed by atoms with Crippen molar-refractivity contribution in [2.75, 3.05) is 0 Å². The Morgan fingerprint density at radius 2 is 2.09 bits per heavy atom. The van der Waals surface area contributed by atoms with Crippen LogP contribution in [-0.2, 0) is 15.0 Å². The van der Waals surface area contributed by atoms with Crippen molar-refractivity contribution in [1.29, 1.82) is 0 Å². The molecule has 0 saturated heterocycles. The number of hydrogen-bond donors (Lipinski definition) is 3. The maximum absolute atomic E-state index is 13.5. The fourth-order valence-electron chi connectivity index (χ4n) is 3.60. The van der Waals surface area contributed by atoms with Gasteiger partial charge in [-0.25, -0.2) is 4.39 Å². The molecule has 1 aromatic carbocycles. The number of aliphatic hydroxyl groups is 1. The molecule has 0 aliphatic heterocycles. The van der Waals surface area contributed by atoms with Gasteiger partial charge >= 0.3 is 5.97 Å². The van der Waals surface area contributed by atoms with Crippen LogP contribution in [0, 0.1) is 11.7 Å². The fourth-order valence-corrected chi connectivity index (χ4v) is 3.60. The minimum atomic E-state index is -0.989. The number of carboxylic acid groups (broad SMARTS) is 1. The molecule has 124 valence electrons. The number of amides is 1. The average Bonchev–Trinajstić information content (AvgIpc) is 2.43. The van der Waals surface area contributed by atoms with Gasteiger partial charge in [0.25, 0.3) is 0 Å². The van der Waals surface area contributed by atoms with Crippen LogP contribution in [0.1, 0.15) is 37.7 Å². The maximum Gasteiger partial charge on any atom is 0.303 e. The van der Waals surface area contributed by atoms with E-state index in [1.807, 2.05) is 0 Å². The first-order valence-electron chi connectivity index (χ1n) is 7.89. The molecule has 0 aromatic heterocycles. The van der Waals surface area contributed by atoms with Crippen LogP contribution in [0.15, 0.2) is 24.3 Å². The molecule has 0 spiro atoms. The SMILES string of the molecule is O=C(O)C[C@H]1[C@H](O)C[C@@H]1NC(=O)C1(c2cccc(F)c2)CCC1. The molecule has 0 radical (unpaired) electrons. The predicted molar refractivity (Wildman–Crippen MR) is 80.2 cm³/mol. The number of carbonyl (C=O) groups is 2. The Labute approximate surface area is 133 Å². The summed E-state index contributed by atoms with van der Waals surface area (Å²) in [5, 5.41) is 21.5. The molecular weight excluding hydrogens is 301 g/mol. The van der Waals surface area contributed by atoms with Gasteiger partial charge in [0.2, 0.25) is 5.91 Å². The summed E-state index contributed by atoms with van der Waals surface area (Å²) in [6.45, 7) is 0. The highest BCUT2D eigenvalue weighted by atomic mass is 19.1. The molecule has 3 N–H and O–H groups in total. The molecule has 23 heavy (non-hydrogen) atoms. The Morgan fingerprint density at radius 3 is 2.61 bits per heavy atom. The lowest BCUT2D eigenvalue weighted by molar-refractivity contribution is -0.144. The van der Waals surface area contributed by atoms with E-state index in [1.165, 1.54) is 12.1 Å². The third-order valence-corrected chi connectivity index (χ3v) is 5.25. The van der Waals surface area contributed by atoms with Crippen molar-refractivity contribution < 1.29 is 24.2 Å². The van der Waals surface area contributed by atoms with Crippen molar-refractivity contribution in [3.8, 4) is 0 Å². The van der Waals surface area contributed by atoms with E-state index in [0.717, 1.165) is 6.42 Å². The zero-order chi connectivity index (χ0) is 16.6. The van der Waals surface area contributed by atoms with E-state index in [9.17, 15) is 19.1 Å². The topological polar surface area (TPSA) is 86.6 Å². The molecule has 1 aromatic rings. The van der Waals surface area contributed by atoms with Crippen LogP contribution >= 0.6 is 0 Å². The van der Waals surface area contributed by atoms with Gasteiger partial charge in [0.15, 0.2) is 0 Å². The zero-order valence-corrected chi connectivity index (χ0v) is 12.7. The summed E-state index contributed by atoms with van der Waals surface area (Å²) in [4.78, 5) is 23.6. The summed E-state index contributed by atoms with van der Waals surface area (Å²) in [6.07, 6.45) is 1.71. The van der Waals surface area contributed by atoms with Crippen molar-refractivity contribution in [2.45, 2.75) is 49.7 Å². The van der Waals surface area contributed by atoms with Gasteiger partial charge in [-0.3, -0.25) is 9.59 Å².